The van der Waals surface area contributed by atoms with Gasteiger partial charge >= 0.3 is 0 Å². The molecule has 2 N–H and O–H groups in total. The van der Waals surface area contributed by atoms with Gasteiger partial charge in [-0.2, -0.15) is 0 Å². The van der Waals surface area contributed by atoms with Crippen molar-refractivity contribution in [3.63, 3.8) is 0 Å². The molecule has 0 aliphatic rings. The number of hydrogen-bond acceptors (Lipinski definition) is 5. The van der Waals surface area contributed by atoms with Crippen LogP contribution in [0.3, 0.4) is 0 Å². The Kier molecular flexibility index (Phi) is 8.30. The van der Waals surface area contributed by atoms with Gasteiger partial charge in [0.05, 0.1) is 11.8 Å². The Morgan fingerprint density at radius 1 is 1.18 bits per heavy atom. The van der Waals surface area contributed by atoms with E-state index in [1.54, 1.807) is 30.3 Å². The Morgan fingerprint density at radius 3 is 2.61 bits per heavy atom. The molecule has 0 fully saturated rings. The summed E-state index contributed by atoms with van der Waals surface area (Å²) in [6, 6.07) is 12.2. The molecule has 0 saturated carbocycles. The van der Waals surface area contributed by atoms with E-state index >= 15 is 0 Å². The number of nitrogens with one attached hydrogen (secondary N) is 2. The molecule has 3 rings (SSSR count). The zero-order valence-electron chi connectivity index (χ0n) is 18.8. The minimum atomic E-state index is -0.404. The topological polar surface area (TPSA) is 88.9 Å². The number of rotatable bonds is 9. The molecule has 9 heteroatoms. The third-order valence-corrected chi connectivity index (χ3v) is 6.12. The minimum Gasteiger partial charge on any atom is -0.342 e. The Labute approximate surface area is 202 Å². The van der Waals surface area contributed by atoms with Gasteiger partial charge in [0.25, 0.3) is 5.91 Å². The fraction of sp³-hybridized carbons (Fsp3) is 0.250. The number of nitrogens with zero attached hydrogens (tertiary/aromatic N) is 3. The van der Waals surface area contributed by atoms with Gasteiger partial charge < -0.3 is 15.2 Å². The maximum atomic E-state index is 12.6. The number of carbonyl (C=O) groups excluding carboxylic acids is 2. The molecule has 7 nitrogen and oxygen atoms in total. The average molecular weight is 484 g/mol. The molecule has 1 heterocycles. The van der Waals surface area contributed by atoms with E-state index in [-0.39, 0.29) is 17.6 Å². The molecule has 3 aromatic rings. The molecule has 1 atom stereocenters. The summed E-state index contributed by atoms with van der Waals surface area (Å²) in [5, 5.41) is 15.5. The van der Waals surface area contributed by atoms with Crippen LogP contribution in [0.2, 0.25) is 5.02 Å². The largest absolute Gasteiger partial charge is 0.342 e. The molecule has 0 spiro atoms. The molecule has 172 valence electrons. The van der Waals surface area contributed by atoms with Crippen molar-refractivity contribution in [1.29, 1.82) is 0 Å². The van der Waals surface area contributed by atoms with Crippen LogP contribution >= 0.6 is 23.4 Å². The first-order valence-corrected chi connectivity index (χ1v) is 11.7. The fourth-order valence-corrected chi connectivity index (χ4v) is 4.04. The predicted octanol–water partition coefficient (Wildman–Crippen LogP) is 4.96. The number of thioether (sulfide) groups is 1. The zero-order valence-corrected chi connectivity index (χ0v) is 20.3. The molecular formula is C24H26ClN5O2S. The van der Waals surface area contributed by atoms with E-state index in [9.17, 15) is 9.59 Å². The van der Waals surface area contributed by atoms with Gasteiger partial charge in [0.1, 0.15) is 0 Å². The highest BCUT2D eigenvalue weighted by Crippen LogP contribution is 2.22. The number of aryl methyl sites for hydroxylation is 2. The molecule has 0 aliphatic carbocycles. The summed E-state index contributed by atoms with van der Waals surface area (Å²) < 4.78 is 1.84. The number of amides is 2. The third kappa shape index (κ3) is 6.46. The second-order valence-corrected chi connectivity index (χ2v) is 8.98. The molecule has 2 aromatic carbocycles. The summed E-state index contributed by atoms with van der Waals surface area (Å²) in [5.41, 5.74) is 3.38. The molecule has 0 saturated heterocycles. The van der Waals surface area contributed by atoms with Gasteiger partial charge in [-0.15, -0.1) is 16.8 Å². The number of benzene rings is 2. The number of carbonyl (C=O) groups is 2. The molecule has 0 radical (unpaired) electrons. The molecule has 33 heavy (non-hydrogen) atoms. The highest BCUT2D eigenvalue weighted by molar-refractivity contribution is 7.99. The van der Waals surface area contributed by atoms with Crippen LogP contribution in [0.4, 0.5) is 5.69 Å². The van der Waals surface area contributed by atoms with Crippen molar-refractivity contribution < 1.29 is 9.59 Å². The summed E-state index contributed by atoms with van der Waals surface area (Å²) in [6.45, 7) is 10.0. The van der Waals surface area contributed by atoms with Gasteiger partial charge in [-0.05, 0) is 62.2 Å². The number of aromatic nitrogens is 3. The fourth-order valence-electron chi connectivity index (χ4n) is 3.16. The summed E-state index contributed by atoms with van der Waals surface area (Å²) in [6.07, 6.45) is 1.72. The summed E-state index contributed by atoms with van der Waals surface area (Å²) >= 11 is 7.18. The maximum Gasteiger partial charge on any atom is 0.251 e. The van der Waals surface area contributed by atoms with E-state index in [0.717, 1.165) is 16.8 Å². The number of anilines is 1. The standard InChI is InChI=1S/C24H26ClN5O2S/c1-5-12-30-22(17(4)26-23(32)18-8-10-19(25)11-9-18)28-29-24(30)33-14-21(31)27-20-13-15(2)6-7-16(20)3/h5-11,13,17H,1,12,14H2,2-4H3,(H,26,32)(H,27,31)/t17-/m1/s1. The SMILES string of the molecule is C=CCn1c(SCC(=O)Nc2cc(C)ccc2C)nnc1[C@@H](C)NC(=O)c1ccc(Cl)cc1. The van der Waals surface area contributed by atoms with Crippen LogP contribution in [-0.2, 0) is 11.3 Å². The lowest BCUT2D eigenvalue weighted by atomic mass is 10.1. The van der Waals surface area contributed by atoms with Crippen LogP contribution in [0.1, 0.15) is 40.3 Å². The second kappa shape index (κ2) is 11.2. The van der Waals surface area contributed by atoms with Crippen LogP contribution in [0.15, 0.2) is 60.3 Å². The zero-order chi connectivity index (χ0) is 24.0. The van der Waals surface area contributed by atoms with Crippen LogP contribution < -0.4 is 10.6 Å². The van der Waals surface area contributed by atoms with E-state index in [4.69, 9.17) is 11.6 Å². The third-order valence-electron chi connectivity index (χ3n) is 4.90. The van der Waals surface area contributed by atoms with E-state index < -0.39 is 6.04 Å². The van der Waals surface area contributed by atoms with Crippen LogP contribution in [0, 0.1) is 13.8 Å². The maximum absolute atomic E-state index is 12.6. The van der Waals surface area contributed by atoms with Crippen molar-refractivity contribution in [3.05, 3.63) is 82.7 Å². The first-order chi connectivity index (χ1) is 15.8. The van der Waals surface area contributed by atoms with E-state index in [1.165, 1.54) is 11.8 Å². The molecule has 0 unspecified atom stereocenters. The van der Waals surface area contributed by atoms with Crippen LogP contribution in [-0.4, -0.2) is 32.3 Å². The number of allylic oxidation sites excluding steroid dienone is 1. The van der Waals surface area contributed by atoms with Gasteiger partial charge in [0, 0.05) is 22.8 Å². The number of hydrogen-bond donors (Lipinski definition) is 2. The normalized spacial score (nSPS) is 11.6. The Bertz CT molecular complexity index is 1160. The van der Waals surface area contributed by atoms with Gasteiger partial charge in [-0.1, -0.05) is 41.6 Å². The molecule has 0 aliphatic heterocycles. The first-order valence-electron chi connectivity index (χ1n) is 10.4. The van der Waals surface area contributed by atoms with Gasteiger partial charge in [-0.3, -0.25) is 9.59 Å². The van der Waals surface area contributed by atoms with Crippen molar-refractivity contribution in [1.82, 2.24) is 20.1 Å². The number of halogens is 1. The van der Waals surface area contributed by atoms with E-state index in [1.807, 2.05) is 43.5 Å². The van der Waals surface area contributed by atoms with Crippen molar-refractivity contribution in [2.75, 3.05) is 11.1 Å². The lowest BCUT2D eigenvalue weighted by molar-refractivity contribution is -0.113. The second-order valence-electron chi connectivity index (χ2n) is 7.60. The first kappa shape index (κ1) is 24.5. The molecule has 1 aromatic heterocycles. The minimum absolute atomic E-state index is 0.132. The Hall–Kier alpha value is -3.10. The van der Waals surface area contributed by atoms with E-state index in [0.29, 0.717) is 28.1 Å². The monoisotopic (exact) mass is 483 g/mol. The molecular weight excluding hydrogens is 458 g/mol. The van der Waals surface area contributed by atoms with Crippen molar-refractivity contribution >= 4 is 40.9 Å². The van der Waals surface area contributed by atoms with E-state index in [2.05, 4.69) is 27.4 Å². The molecule has 0 bridgehead atoms. The average Bonchev–Trinajstić information content (AvgIpc) is 3.18. The summed E-state index contributed by atoms with van der Waals surface area (Å²) in [7, 11) is 0. The Morgan fingerprint density at radius 2 is 1.91 bits per heavy atom. The highest BCUT2D eigenvalue weighted by Gasteiger charge is 2.20. The molecule has 2 amide bonds. The predicted molar refractivity (Wildman–Crippen MR) is 133 cm³/mol. The summed E-state index contributed by atoms with van der Waals surface area (Å²) in [4.78, 5) is 25.1. The van der Waals surface area contributed by atoms with Crippen molar-refractivity contribution in [3.8, 4) is 0 Å². The lowest BCUT2D eigenvalue weighted by Crippen LogP contribution is -2.28. The van der Waals surface area contributed by atoms with Crippen LogP contribution in [0.5, 0.6) is 0 Å². The van der Waals surface area contributed by atoms with Gasteiger partial charge in [0.2, 0.25) is 5.91 Å². The lowest BCUT2D eigenvalue weighted by Gasteiger charge is -2.15. The van der Waals surface area contributed by atoms with Gasteiger partial charge in [0.15, 0.2) is 11.0 Å². The Balaban J connectivity index is 1.67. The quantitative estimate of drug-likeness (QED) is 0.332. The smallest absolute Gasteiger partial charge is 0.251 e. The van der Waals surface area contributed by atoms with Crippen molar-refractivity contribution in [2.24, 2.45) is 0 Å². The summed E-state index contributed by atoms with van der Waals surface area (Å²) in [5.74, 6) is 0.380. The van der Waals surface area contributed by atoms with Gasteiger partial charge in [-0.25, -0.2) is 0 Å². The van der Waals surface area contributed by atoms with Crippen molar-refractivity contribution in [2.45, 2.75) is 38.5 Å². The van der Waals surface area contributed by atoms with Crippen LogP contribution in [0.25, 0.3) is 0 Å². The highest BCUT2D eigenvalue weighted by atomic mass is 35.5.